The van der Waals surface area contributed by atoms with Gasteiger partial charge in [0.15, 0.2) is 0 Å². The standard InChI is InChI=1S/C25H23FN2O5S/c1-32-21-7-3-17(4-8-21)15-28(34(30,31)23-10-5-20(26)6-11-23)16-19-13-18-14-22(33-2)9-12-24(18)27-25(19)29/h3-14H,15-16H2,1-2H3,(H,27,29). The fourth-order valence-corrected chi connectivity index (χ4v) is 4.99. The molecule has 7 nitrogen and oxygen atoms in total. The molecule has 34 heavy (non-hydrogen) atoms. The van der Waals surface area contributed by atoms with E-state index < -0.39 is 21.4 Å². The van der Waals surface area contributed by atoms with Gasteiger partial charge in [-0.3, -0.25) is 4.79 Å². The van der Waals surface area contributed by atoms with Crippen LogP contribution in [0.1, 0.15) is 11.1 Å². The molecular weight excluding hydrogens is 459 g/mol. The number of ether oxygens (including phenoxy) is 2. The van der Waals surface area contributed by atoms with Crippen LogP contribution in [0, 0.1) is 5.82 Å². The number of H-pyrrole nitrogens is 1. The molecule has 0 bridgehead atoms. The van der Waals surface area contributed by atoms with Crippen LogP contribution in [0.15, 0.2) is 82.5 Å². The maximum Gasteiger partial charge on any atom is 0.252 e. The molecule has 0 saturated heterocycles. The third-order valence-corrected chi connectivity index (χ3v) is 7.25. The summed E-state index contributed by atoms with van der Waals surface area (Å²) in [7, 11) is -0.971. The maximum atomic E-state index is 13.5. The highest BCUT2D eigenvalue weighted by atomic mass is 32.2. The topological polar surface area (TPSA) is 88.7 Å². The Balaban J connectivity index is 1.76. The molecule has 0 amide bonds. The van der Waals surface area contributed by atoms with Crippen LogP contribution >= 0.6 is 0 Å². The van der Waals surface area contributed by atoms with Crippen LogP contribution in [0.4, 0.5) is 4.39 Å². The minimum absolute atomic E-state index is 0.000702. The molecular formula is C25H23FN2O5S. The Labute approximate surface area is 196 Å². The first-order valence-corrected chi connectivity index (χ1v) is 11.8. The SMILES string of the molecule is COc1ccc(CN(Cc2cc3cc(OC)ccc3[nH]c2=O)S(=O)(=O)c2ccc(F)cc2)cc1. The normalized spacial score (nSPS) is 11.6. The van der Waals surface area contributed by atoms with Crippen LogP contribution in [0.5, 0.6) is 11.5 Å². The number of nitrogens with one attached hydrogen (secondary N) is 1. The zero-order chi connectivity index (χ0) is 24.3. The molecule has 0 radical (unpaired) electrons. The summed E-state index contributed by atoms with van der Waals surface area (Å²) < 4.78 is 52.0. The van der Waals surface area contributed by atoms with Crippen molar-refractivity contribution in [3.8, 4) is 11.5 Å². The molecule has 4 rings (SSSR count). The number of hydrogen-bond acceptors (Lipinski definition) is 5. The Morgan fingerprint density at radius 2 is 1.50 bits per heavy atom. The molecule has 4 aromatic rings. The molecule has 0 aliphatic rings. The lowest BCUT2D eigenvalue weighted by atomic mass is 10.1. The smallest absolute Gasteiger partial charge is 0.252 e. The number of rotatable bonds is 8. The second-order valence-corrected chi connectivity index (χ2v) is 9.59. The molecule has 176 valence electrons. The van der Waals surface area contributed by atoms with Crippen molar-refractivity contribution in [3.05, 3.63) is 100 Å². The molecule has 9 heteroatoms. The number of benzene rings is 3. The van der Waals surface area contributed by atoms with E-state index in [1.54, 1.807) is 62.8 Å². The number of fused-ring (bicyclic) bond motifs is 1. The summed E-state index contributed by atoms with van der Waals surface area (Å²) in [4.78, 5) is 15.5. The number of methoxy groups -OCH3 is 2. The molecule has 1 heterocycles. The highest BCUT2D eigenvalue weighted by Gasteiger charge is 2.26. The van der Waals surface area contributed by atoms with Crippen molar-refractivity contribution in [1.29, 1.82) is 0 Å². The summed E-state index contributed by atoms with van der Waals surface area (Å²) in [5.41, 5.74) is 1.18. The monoisotopic (exact) mass is 482 g/mol. The Morgan fingerprint density at radius 3 is 2.15 bits per heavy atom. The van der Waals surface area contributed by atoms with E-state index in [0.717, 1.165) is 12.1 Å². The molecule has 1 aromatic heterocycles. The van der Waals surface area contributed by atoms with E-state index in [4.69, 9.17) is 9.47 Å². The molecule has 0 saturated carbocycles. The van der Waals surface area contributed by atoms with Gasteiger partial charge in [-0.1, -0.05) is 12.1 Å². The first kappa shape index (κ1) is 23.5. The predicted molar refractivity (Wildman–Crippen MR) is 127 cm³/mol. The van der Waals surface area contributed by atoms with Crippen molar-refractivity contribution in [2.75, 3.05) is 14.2 Å². The summed E-state index contributed by atoms with van der Waals surface area (Å²) in [6.07, 6.45) is 0. The maximum absolute atomic E-state index is 13.5. The first-order valence-electron chi connectivity index (χ1n) is 10.4. The van der Waals surface area contributed by atoms with E-state index >= 15 is 0 Å². The molecule has 0 unspecified atom stereocenters. The van der Waals surface area contributed by atoms with Crippen LogP contribution in [-0.4, -0.2) is 31.9 Å². The fraction of sp³-hybridized carbons (Fsp3) is 0.160. The Kier molecular flexibility index (Phi) is 6.67. The van der Waals surface area contributed by atoms with Gasteiger partial charge in [-0.15, -0.1) is 0 Å². The molecule has 0 aliphatic carbocycles. The van der Waals surface area contributed by atoms with Gasteiger partial charge in [0.2, 0.25) is 10.0 Å². The van der Waals surface area contributed by atoms with E-state index in [2.05, 4.69) is 4.98 Å². The number of sulfonamides is 1. The van der Waals surface area contributed by atoms with E-state index in [1.807, 2.05) is 0 Å². The third kappa shape index (κ3) is 4.95. The van der Waals surface area contributed by atoms with Crippen molar-refractivity contribution in [3.63, 3.8) is 0 Å². The number of hydrogen-bond donors (Lipinski definition) is 1. The van der Waals surface area contributed by atoms with E-state index in [1.165, 1.54) is 16.4 Å². The summed E-state index contributed by atoms with van der Waals surface area (Å²) in [6.45, 7) is -0.187. The van der Waals surface area contributed by atoms with Crippen molar-refractivity contribution < 1.29 is 22.3 Å². The molecule has 3 aromatic carbocycles. The highest BCUT2D eigenvalue weighted by molar-refractivity contribution is 7.89. The molecule has 0 atom stereocenters. The summed E-state index contributed by atoms with van der Waals surface area (Å²) >= 11 is 0. The predicted octanol–water partition coefficient (Wildman–Crippen LogP) is 4.08. The highest BCUT2D eigenvalue weighted by Crippen LogP contribution is 2.24. The van der Waals surface area contributed by atoms with Crippen LogP contribution in [-0.2, 0) is 23.1 Å². The van der Waals surface area contributed by atoms with Crippen molar-refractivity contribution in [1.82, 2.24) is 9.29 Å². The average Bonchev–Trinajstić information content (AvgIpc) is 2.84. The largest absolute Gasteiger partial charge is 0.497 e. The Morgan fingerprint density at radius 1 is 0.853 bits per heavy atom. The lowest BCUT2D eigenvalue weighted by molar-refractivity contribution is 0.398. The van der Waals surface area contributed by atoms with Crippen LogP contribution in [0.3, 0.4) is 0 Å². The van der Waals surface area contributed by atoms with Crippen molar-refractivity contribution in [2.45, 2.75) is 18.0 Å². The van der Waals surface area contributed by atoms with Crippen LogP contribution in [0.25, 0.3) is 10.9 Å². The number of nitrogens with zero attached hydrogens (tertiary/aromatic N) is 1. The lowest BCUT2D eigenvalue weighted by Crippen LogP contribution is -2.32. The van der Waals surface area contributed by atoms with Gasteiger partial charge < -0.3 is 14.5 Å². The van der Waals surface area contributed by atoms with Crippen LogP contribution < -0.4 is 15.0 Å². The van der Waals surface area contributed by atoms with Gasteiger partial charge in [0, 0.05) is 29.6 Å². The Hall–Kier alpha value is -3.69. The summed E-state index contributed by atoms with van der Waals surface area (Å²) in [5, 5.41) is 0.706. The quantitative estimate of drug-likeness (QED) is 0.409. The van der Waals surface area contributed by atoms with Gasteiger partial charge in [-0.25, -0.2) is 12.8 Å². The molecule has 0 fully saturated rings. The lowest BCUT2D eigenvalue weighted by Gasteiger charge is -2.22. The van der Waals surface area contributed by atoms with Crippen molar-refractivity contribution >= 4 is 20.9 Å². The minimum atomic E-state index is -4.05. The van der Waals surface area contributed by atoms with Gasteiger partial charge in [0.1, 0.15) is 17.3 Å². The number of pyridine rings is 1. The fourth-order valence-electron chi connectivity index (χ4n) is 3.58. The summed E-state index contributed by atoms with van der Waals surface area (Å²) in [6, 6.07) is 18.4. The first-order chi connectivity index (χ1) is 16.3. The van der Waals surface area contributed by atoms with Gasteiger partial charge in [0.25, 0.3) is 5.56 Å². The molecule has 0 aliphatic heterocycles. The number of halogens is 1. The van der Waals surface area contributed by atoms with Gasteiger partial charge in [0.05, 0.1) is 19.1 Å². The second kappa shape index (κ2) is 9.66. The minimum Gasteiger partial charge on any atom is -0.497 e. The van der Waals surface area contributed by atoms with Crippen molar-refractivity contribution in [2.24, 2.45) is 0 Å². The van der Waals surface area contributed by atoms with E-state index in [-0.39, 0.29) is 23.5 Å². The summed E-state index contributed by atoms with van der Waals surface area (Å²) in [5.74, 6) is 0.705. The zero-order valence-corrected chi connectivity index (χ0v) is 19.4. The van der Waals surface area contributed by atoms with Gasteiger partial charge >= 0.3 is 0 Å². The Bertz CT molecular complexity index is 1470. The van der Waals surface area contributed by atoms with Gasteiger partial charge in [-0.2, -0.15) is 4.31 Å². The number of aromatic nitrogens is 1. The molecule has 0 spiro atoms. The molecule has 1 N–H and O–H groups in total. The zero-order valence-electron chi connectivity index (χ0n) is 18.6. The van der Waals surface area contributed by atoms with Crippen LogP contribution in [0.2, 0.25) is 0 Å². The third-order valence-electron chi connectivity index (χ3n) is 5.44. The number of aromatic amines is 1. The van der Waals surface area contributed by atoms with E-state index in [9.17, 15) is 17.6 Å². The van der Waals surface area contributed by atoms with Gasteiger partial charge in [-0.05, 0) is 66.2 Å². The average molecular weight is 483 g/mol. The van der Waals surface area contributed by atoms with E-state index in [0.29, 0.717) is 28.0 Å². The second-order valence-electron chi connectivity index (χ2n) is 7.65.